The first kappa shape index (κ1) is 20.6. The van der Waals surface area contributed by atoms with E-state index in [1.165, 1.54) is 0 Å². The fraction of sp³-hybridized carbons (Fsp3) is 0.471. The smallest absolute Gasteiger partial charge is 0.414 e. The van der Waals surface area contributed by atoms with Crippen molar-refractivity contribution in [3.8, 4) is 0 Å². The first-order chi connectivity index (χ1) is 12.0. The minimum absolute atomic E-state index is 0.171. The molecule has 1 fully saturated rings. The number of carboxylic acids is 2. The second kappa shape index (κ2) is 11.2. The number of hydrogen-bond acceptors (Lipinski definition) is 6. The summed E-state index contributed by atoms with van der Waals surface area (Å²) in [6, 6.07) is 9.73. The van der Waals surface area contributed by atoms with Gasteiger partial charge in [0.15, 0.2) is 0 Å². The molecule has 1 aliphatic rings. The molecule has 1 saturated heterocycles. The van der Waals surface area contributed by atoms with Crippen LogP contribution in [0.1, 0.15) is 31.7 Å². The van der Waals surface area contributed by atoms with E-state index in [0.29, 0.717) is 13.2 Å². The van der Waals surface area contributed by atoms with E-state index in [2.05, 4.69) is 0 Å². The molecule has 0 aliphatic carbocycles. The molecule has 8 heteroatoms. The number of esters is 1. The summed E-state index contributed by atoms with van der Waals surface area (Å²) in [7, 11) is 0. The van der Waals surface area contributed by atoms with E-state index in [-0.39, 0.29) is 12.0 Å². The number of aliphatic carboxylic acids is 2. The molecule has 1 atom stereocenters. The summed E-state index contributed by atoms with van der Waals surface area (Å²) in [6.07, 6.45) is 2.92. The van der Waals surface area contributed by atoms with E-state index >= 15 is 0 Å². The number of carbonyl (C=O) groups is 3. The fourth-order valence-electron chi connectivity index (χ4n) is 2.27. The highest BCUT2D eigenvalue weighted by Gasteiger charge is 2.30. The monoisotopic (exact) mass is 353 g/mol. The zero-order valence-electron chi connectivity index (χ0n) is 14.1. The van der Waals surface area contributed by atoms with Crippen molar-refractivity contribution < 1.29 is 34.2 Å². The van der Waals surface area contributed by atoms with Crippen LogP contribution in [0.25, 0.3) is 0 Å². The van der Waals surface area contributed by atoms with E-state index in [1.54, 1.807) is 5.06 Å². The van der Waals surface area contributed by atoms with E-state index in [4.69, 9.17) is 29.4 Å². The molecule has 0 amide bonds. The number of carboxylic acid groups (broad SMARTS) is 2. The van der Waals surface area contributed by atoms with Gasteiger partial charge in [0.05, 0.1) is 13.2 Å². The highest BCUT2D eigenvalue weighted by molar-refractivity contribution is 6.27. The topological polar surface area (TPSA) is 113 Å². The predicted octanol–water partition coefficient (Wildman–Crippen LogP) is 1.69. The highest BCUT2D eigenvalue weighted by atomic mass is 16.7. The lowest BCUT2D eigenvalue weighted by atomic mass is 10.0. The minimum Gasteiger partial charge on any atom is -0.473 e. The Bertz CT molecular complexity index is 549. The van der Waals surface area contributed by atoms with Gasteiger partial charge < -0.3 is 14.9 Å². The number of hydrogen-bond donors (Lipinski definition) is 2. The number of benzene rings is 1. The number of nitrogens with zero attached hydrogens (tertiary/aromatic N) is 1. The molecule has 25 heavy (non-hydrogen) atoms. The first-order valence-corrected chi connectivity index (χ1v) is 8.02. The molecule has 138 valence electrons. The molecule has 0 radical (unpaired) electrons. The van der Waals surface area contributed by atoms with Crippen molar-refractivity contribution >= 4 is 17.9 Å². The molecule has 0 bridgehead atoms. The third-order valence-corrected chi connectivity index (χ3v) is 3.44. The lowest BCUT2D eigenvalue weighted by molar-refractivity contribution is -0.217. The molecule has 2 N–H and O–H groups in total. The summed E-state index contributed by atoms with van der Waals surface area (Å²) in [4.78, 5) is 35.9. The number of rotatable bonds is 5. The molecular formula is C17H23NO7. The van der Waals surface area contributed by atoms with Crippen molar-refractivity contribution in [2.24, 2.45) is 0 Å². The zero-order valence-corrected chi connectivity index (χ0v) is 14.1. The lowest BCUT2D eigenvalue weighted by Gasteiger charge is -2.32. The van der Waals surface area contributed by atoms with Gasteiger partial charge in [-0.2, -0.15) is 5.06 Å². The minimum atomic E-state index is -1.82. The Morgan fingerprint density at radius 3 is 2.32 bits per heavy atom. The Morgan fingerprint density at radius 1 is 1.12 bits per heavy atom. The molecule has 0 saturated carbocycles. The summed E-state index contributed by atoms with van der Waals surface area (Å²) in [5.41, 5.74) is 1.11. The average molecular weight is 353 g/mol. The summed E-state index contributed by atoms with van der Waals surface area (Å²) in [5, 5.41) is 16.6. The third kappa shape index (κ3) is 7.77. The van der Waals surface area contributed by atoms with Gasteiger partial charge in [-0.25, -0.2) is 9.59 Å². The Labute approximate surface area is 145 Å². The van der Waals surface area contributed by atoms with Crippen molar-refractivity contribution in [1.29, 1.82) is 0 Å². The van der Waals surface area contributed by atoms with Crippen LogP contribution < -0.4 is 0 Å². The van der Waals surface area contributed by atoms with Gasteiger partial charge >= 0.3 is 17.9 Å². The maximum Gasteiger partial charge on any atom is 0.414 e. The van der Waals surface area contributed by atoms with Gasteiger partial charge in [0.2, 0.25) is 0 Å². The Kier molecular flexibility index (Phi) is 9.20. The second-order valence-electron chi connectivity index (χ2n) is 5.27. The molecule has 0 spiro atoms. The Morgan fingerprint density at radius 2 is 1.76 bits per heavy atom. The van der Waals surface area contributed by atoms with Gasteiger partial charge in [-0.3, -0.25) is 9.63 Å². The summed E-state index contributed by atoms with van der Waals surface area (Å²) >= 11 is 0. The van der Waals surface area contributed by atoms with Crippen molar-refractivity contribution in [3.63, 3.8) is 0 Å². The van der Waals surface area contributed by atoms with Crippen LogP contribution in [-0.4, -0.2) is 52.4 Å². The van der Waals surface area contributed by atoms with Crippen LogP contribution in [-0.2, 0) is 30.6 Å². The largest absolute Gasteiger partial charge is 0.473 e. The number of ether oxygens (including phenoxy) is 1. The van der Waals surface area contributed by atoms with Gasteiger partial charge in [-0.15, -0.1) is 0 Å². The van der Waals surface area contributed by atoms with E-state index in [0.717, 1.165) is 31.4 Å². The quantitative estimate of drug-likeness (QED) is 0.607. The maximum absolute atomic E-state index is 11.9. The highest BCUT2D eigenvalue weighted by Crippen LogP contribution is 2.19. The van der Waals surface area contributed by atoms with E-state index in [1.807, 2.05) is 37.3 Å². The number of hydroxylamine groups is 2. The normalized spacial score (nSPS) is 17.1. The molecule has 1 aromatic rings. The van der Waals surface area contributed by atoms with Crippen molar-refractivity contribution in [2.45, 2.75) is 38.8 Å². The summed E-state index contributed by atoms with van der Waals surface area (Å²) in [5.74, 6) is -3.82. The lowest BCUT2D eigenvalue weighted by Crippen LogP contribution is -2.45. The van der Waals surface area contributed by atoms with Crippen LogP contribution in [0.4, 0.5) is 0 Å². The molecule has 0 aromatic heterocycles. The van der Waals surface area contributed by atoms with Crippen LogP contribution in [0.2, 0.25) is 0 Å². The van der Waals surface area contributed by atoms with Crippen LogP contribution in [0, 0.1) is 0 Å². The molecule has 2 rings (SSSR count). The Hall–Kier alpha value is -2.45. The van der Waals surface area contributed by atoms with Gasteiger partial charge in [-0.05, 0) is 31.7 Å². The van der Waals surface area contributed by atoms with Gasteiger partial charge in [0.1, 0.15) is 6.04 Å². The van der Waals surface area contributed by atoms with Gasteiger partial charge in [0, 0.05) is 6.54 Å². The molecule has 1 heterocycles. The average Bonchev–Trinajstić information content (AvgIpc) is 2.62. The molecule has 0 unspecified atom stereocenters. The summed E-state index contributed by atoms with van der Waals surface area (Å²) in [6.45, 7) is 3.53. The maximum atomic E-state index is 11.9. The van der Waals surface area contributed by atoms with Crippen LogP contribution in [0.3, 0.4) is 0 Å². The van der Waals surface area contributed by atoms with Gasteiger partial charge in [0.25, 0.3) is 0 Å². The van der Waals surface area contributed by atoms with Crippen molar-refractivity contribution in [2.75, 3.05) is 13.2 Å². The summed E-state index contributed by atoms with van der Waals surface area (Å²) < 4.78 is 5.10. The van der Waals surface area contributed by atoms with Crippen molar-refractivity contribution in [3.05, 3.63) is 35.9 Å². The predicted molar refractivity (Wildman–Crippen MR) is 87.5 cm³/mol. The van der Waals surface area contributed by atoms with Gasteiger partial charge in [-0.1, -0.05) is 30.3 Å². The molecule has 1 aromatic carbocycles. The standard InChI is InChI=1S/C15H21NO3.C2H2O4/c1-2-18-15(17)14-10-6-7-11-16(14)19-12-13-8-4-3-5-9-13;3-1(4)2(5)6/h3-5,8-9,14H,2,6-7,10-12H2,1H3;(H,3,4)(H,5,6)/t14-;/m0./s1. The molecule has 1 aliphatic heterocycles. The van der Waals surface area contributed by atoms with Crippen LogP contribution in [0.5, 0.6) is 0 Å². The van der Waals surface area contributed by atoms with Crippen LogP contribution in [0.15, 0.2) is 30.3 Å². The second-order valence-corrected chi connectivity index (χ2v) is 5.27. The molecule has 8 nitrogen and oxygen atoms in total. The number of piperidine rings is 1. The first-order valence-electron chi connectivity index (χ1n) is 8.02. The van der Waals surface area contributed by atoms with E-state index < -0.39 is 11.9 Å². The SMILES string of the molecule is CCOC(=O)[C@@H]1CCCCN1OCc1ccccc1.O=C(O)C(=O)O. The fourth-order valence-corrected chi connectivity index (χ4v) is 2.27. The Balaban J connectivity index is 0.000000450. The third-order valence-electron chi connectivity index (χ3n) is 3.44. The van der Waals surface area contributed by atoms with E-state index in [9.17, 15) is 4.79 Å². The van der Waals surface area contributed by atoms with Crippen LogP contribution >= 0.6 is 0 Å². The number of carbonyl (C=O) groups excluding carboxylic acids is 1. The zero-order chi connectivity index (χ0) is 18.7. The van der Waals surface area contributed by atoms with Crippen molar-refractivity contribution in [1.82, 2.24) is 5.06 Å². The molecular weight excluding hydrogens is 330 g/mol.